The van der Waals surface area contributed by atoms with Crippen LogP contribution in [0.2, 0.25) is 0 Å². The molecular weight excluding hydrogens is 345 g/mol. The van der Waals surface area contributed by atoms with Crippen molar-refractivity contribution in [2.45, 2.75) is 19.8 Å². The number of hydrogen-bond acceptors (Lipinski definition) is 4. The minimum Gasteiger partial charge on any atom is -0.307 e. The Balaban J connectivity index is 1.59. The van der Waals surface area contributed by atoms with Crippen molar-refractivity contribution in [1.29, 1.82) is 0 Å². The highest BCUT2D eigenvalue weighted by atomic mass is 19.1. The number of likely N-dealkylation sites (tertiary alicyclic amines) is 1. The van der Waals surface area contributed by atoms with Crippen LogP contribution in [0, 0.1) is 18.8 Å². The number of rotatable bonds is 3. The van der Waals surface area contributed by atoms with E-state index in [4.69, 9.17) is 0 Å². The number of nitrogens with one attached hydrogen (secondary N) is 1. The molecule has 140 valence electrons. The molecule has 1 aliphatic heterocycles. The molecule has 7 heteroatoms. The lowest BCUT2D eigenvalue weighted by Crippen LogP contribution is -2.36. The van der Waals surface area contributed by atoms with Crippen molar-refractivity contribution in [3.8, 4) is 11.1 Å². The molecule has 1 fully saturated rings. The first kappa shape index (κ1) is 17.6. The van der Waals surface area contributed by atoms with E-state index in [-0.39, 0.29) is 17.6 Å². The number of hydrogen-bond donors (Lipinski definition) is 1. The van der Waals surface area contributed by atoms with Gasteiger partial charge in [0.25, 0.3) is 0 Å². The first-order valence-corrected chi connectivity index (χ1v) is 9.11. The van der Waals surface area contributed by atoms with Gasteiger partial charge in [-0.3, -0.25) is 14.2 Å². The summed E-state index contributed by atoms with van der Waals surface area (Å²) in [5, 5.41) is 2.68. The van der Waals surface area contributed by atoms with Crippen LogP contribution in [0.25, 0.3) is 16.8 Å². The van der Waals surface area contributed by atoms with Crippen molar-refractivity contribution in [3.63, 3.8) is 0 Å². The van der Waals surface area contributed by atoms with Crippen LogP contribution in [0.5, 0.6) is 0 Å². The summed E-state index contributed by atoms with van der Waals surface area (Å²) >= 11 is 0. The number of carbonyl (C=O) groups is 1. The van der Waals surface area contributed by atoms with Gasteiger partial charge < -0.3 is 10.2 Å². The second-order valence-electron chi connectivity index (χ2n) is 7.15. The molecule has 1 aliphatic rings. The highest BCUT2D eigenvalue weighted by molar-refractivity contribution is 5.92. The van der Waals surface area contributed by atoms with E-state index in [0.29, 0.717) is 5.65 Å². The Kier molecular flexibility index (Phi) is 4.61. The van der Waals surface area contributed by atoms with Gasteiger partial charge in [-0.05, 0) is 75.3 Å². The van der Waals surface area contributed by atoms with Crippen LogP contribution in [0.3, 0.4) is 0 Å². The zero-order valence-electron chi connectivity index (χ0n) is 15.4. The zero-order chi connectivity index (χ0) is 19.0. The monoisotopic (exact) mass is 367 g/mol. The van der Waals surface area contributed by atoms with Crippen LogP contribution in [0.1, 0.15) is 18.5 Å². The normalized spacial score (nSPS) is 16.0. The number of aryl methyl sites for hydroxylation is 1. The van der Waals surface area contributed by atoms with Crippen LogP contribution in [-0.4, -0.2) is 45.3 Å². The number of anilines is 1. The molecule has 0 unspecified atom stereocenters. The molecule has 0 spiro atoms. The number of amides is 1. The van der Waals surface area contributed by atoms with Gasteiger partial charge in [0.15, 0.2) is 5.82 Å². The molecule has 0 aliphatic carbocycles. The van der Waals surface area contributed by atoms with Crippen molar-refractivity contribution >= 4 is 17.4 Å². The van der Waals surface area contributed by atoms with Crippen molar-refractivity contribution < 1.29 is 9.18 Å². The molecule has 6 nitrogen and oxygen atoms in total. The summed E-state index contributed by atoms with van der Waals surface area (Å²) in [6.45, 7) is 3.66. The third-order valence-electron chi connectivity index (χ3n) is 5.12. The predicted octanol–water partition coefficient (Wildman–Crippen LogP) is 3.12. The number of piperidine rings is 1. The summed E-state index contributed by atoms with van der Waals surface area (Å²) in [6.07, 6.45) is 4.98. The highest BCUT2D eigenvalue weighted by Gasteiger charge is 2.25. The molecule has 3 aromatic heterocycles. The van der Waals surface area contributed by atoms with Crippen LogP contribution >= 0.6 is 0 Å². The topological polar surface area (TPSA) is 62.5 Å². The summed E-state index contributed by atoms with van der Waals surface area (Å²) in [4.78, 5) is 23.1. The fraction of sp³-hybridized carbons (Fsp3) is 0.350. The molecule has 1 amide bonds. The molecular formula is C20H22FN5O. The van der Waals surface area contributed by atoms with E-state index in [9.17, 15) is 9.18 Å². The van der Waals surface area contributed by atoms with E-state index in [2.05, 4.69) is 20.2 Å². The Hall–Kier alpha value is -2.80. The average molecular weight is 367 g/mol. The quantitative estimate of drug-likeness (QED) is 0.773. The number of imidazole rings is 1. The van der Waals surface area contributed by atoms with E-state index in [0.717, 1.165) is 42.8 Å². The summed E-state index contributed by atoms with van der Waals surface area (Å²) in [5.41, 5.74) is 3.16. The Bertz CT molecular complexity index is 991. The molecule has 27 heavy (non-hydrogen) atoms. The lowest BCUT2D eigenvalue weighted by atomic mass is 9.96. The van der Waals surface area contributed by atoms with Gasteiger partial charge in [-0.15, -0.1) is 0 Å². The Morgan fingerprint density at radius 2 is 2.00 bits per heavy atom. The van der Waals surface area contributed by atoms with E-state index in [1.54, 1.807) is 18.5 Å². The molecule has 0 radical (unpaired) electrons. The van der Waals surface area contributed by atoms with Crippen molar-refractivity contribution in [2.75, 3.05) is 25.5 Å². The third kappa shape index (κ3) is 3.55. The molecule has 1 N–H and O–H groups in total. The Morgan fingerprint density at radius 3 is 2.74 bits per heavy atom. The fourth-order valence-corrected chi connectivity index (χ4v) is 3.48. The van der Waals surface area contributed by atoms with Crippen molar-refractivity contribution in [2.24, 2.45) is 5.92 Å². The Labute approximate surface area is 157 Å². The predicted molar refractivity (Wildman–Crippen MR) is 102 cm³/mol. The number of pyridine rings is 2. The third-order valence-corrected chi connectivity index (χ3v) is 5.12. The van der Waals surface area contributed by atoms with Crippen molar-refractivity contribution in [1.82, 2.24) is 19.3 Å². The fourth-order valence-electron chi connectivity index (χ4n) is 3.48. The first-order chi connectivity index (χ1) is 13.0. The SMILES string of the molecule is Cc1cc(-c2ccc3nc(NC(=O)C4CCN(C)CC4)c(F)n3c2)ccn1. The van der Waals surface area contributed by atoms with E-state index in [1.807, 2.05) is 32.2 Å². The van der Waals surface area contributed by atoms with Crippen LogP contribution in [0.4, 0.5) is 10.2 Å². The maximum Gasteiger partial charge on any atom is 0.242 e. The molecule has 0 bridgehead atoms. The molecule has 1 saturated heterocycles. The average Bonchev–Trinajstić information content (AvgIpc) is 2.97. The van der Waals surface area contributed by atoms with Gasteiger partial charge in [0, 0.05) is 24.0 Å². The van der Waals surface area contributed by atoms with Gasteiger partial charge in [-0.2, -0.15) is 4.39 Å². The second kappa shape index (κ2) is 7.08. The van der Waals surface area contributed by atoms with E-state index in [1.165, 1.54) is 4.40 Å². The molecule has 0 aromatic carbocycles. The van der Waals surface area contributed by atoms with Crippen LogP contribution < -0.4 is 5.32 Å². The summed E-state index contributed by atoms with van der Waals surface area (Å²) in [5.74, 6) is -0.822. The molecule has 3 aromatic rings. The number of carbonyl (C=O) groups excluding carboxylic acids is 1. The van der Waals surface area contributed by atoms with Gasteiger partial charge >= 0.3 is 0 Å². The minimum atomic E-state index is -0.557. The number of aromatic nitrogens is 3. The lowest BCUT2D eigenvalue weighted by molar-refractivity contribution is -0.121. The maximum atomic E-state index is 14.9. The van der Waals surface area contributed by atoms with Gasteiger partial charge in [0.2, 0.25) is 11.9 Å². The largest absolute Gasteiger partial charge is 0.307 e. The van der Waals surface area contributed by atoms with Gasteiger partial charge in [0.1, 0.15) is 5.65 Å². The second-order valence-corrected chi connectivity index (χ2v) is 7.15. The lowest BCUT2D eigenvalue weighted by Gasteiger charge is -2.27. The molecule has 4 heterocycles. The number of nitrogens with zero attached hydrogens (tertiary/aromatic N) is 4. The summed E-state index contributed by atoms with van der Waals surface area (Å²) in [6, 6.07) is 7.46. The van der Waals surface area contributed by atoms with E-state index < -0.39 is 5.95 Å². The van der Waals surface area contributed by atoms with Crippen LogP contribution in [-0.2, 0) is 4.79 Å². The summed E-state index contributed by atoms with van der Waals surface area (Å²) in [7, 11) is 2.04. The first-order valence-electron chi connectivity index (χ1n) is 9.11. The maximum absolute atomic E-state index is 14.9. The standard InChI is InChI=1S/C20H22FN5O/c1-13-11-15(5-8-22-13)16-3-4-17-23-19(18(21)26(17)12-16)24-20(27)14-6-9-25(2)10-7-14/h3-5,8,11-12,14H,6-7,9-10H2,1-2H3,(H,24,27). The molecule has 4 rings (SSSR count). The van der Waals surface area contributed by atoms with Crippen molar-refractivity contribution in [3.05, 3.63) is 48.3 Å². The van der Waals surface area contributed by atoms with E-state index >= 15 is 0 Å². The smallest absolute Gasteiger partial charge is 0.242 e. The number of fused-ring (bicyclic) bond motifs is 1. The molecule has 0 atom stereocenters. The highest BCUT2D eigenvalue weighted by Crippen LogP contribution is 2.24. The number of halogens is 1. The van der Waals surface area contributed by atoms with Crippen LogP contribution in [0.15, 0.2) is 36.7 Å². The summed E-state index contributed by atoms with van der Waals surface area (Å²) < 4.78 is 16.2. The molecule has 0 saturated carbocycles. The van der Waals surface area contributed by atoms with Gasteiger partial charge in [-0.25, -0.2) is 4.98 Å². The minimum absolute atomic E-state index is 0.0120. The van der Waals surface area contributed by atoms with Gasteiger partial charge in [-0.1, -0.05) is 0 Å². The Morgan fingerprint density at radius 1 is 1.22 bits per heavy atom. The zero-order valence-corrected chi connectivity index (χ0v) is 15.4. The van der Waals surface area contributed by atoms with Gasteiger partial charge in [0.05, 0.1) is 0 Å².